The van der Waals surface area contributed by atoms with Gasteiger partial charge in [-0.3, -0.25) is 19.2 Å². The number of hydrogen-bond acceptors (Lipinski definition) is 7. The van der Waals surface area contributed by atoms with Crippen molar-refractivity contribution in [2.75, 3.05) is 0 Å². The SMILES string of the molecule is CC(C)(C)c1[nH]cnc1/C=c1\[nH]c(=O)/c(=C/c2cc(O)cc(/C=c3\[nH]c(=O)/c(=C/c4nc[nH]c4C(C)(C)C)[nH]c3=O)c2)[nH]c1=O. The molecule has 4 heterocycles. The van der Waals surface area contributed by atoms with Crippen LogP contribution < -0.4 is 43.6 Å². The number of hydrogen-bond donors (Lipinski definition) is 7. The van der Waals surface area contributed by atoms with Gasteiger partial charge in [-0.25, -0.2) is 9.97 Å². The Morgan fingerprint density at radius 3 is 1.22 bits per heavy atom. The molecule has 7 N–H and O–H groups in total. The molecule has 13 heteroatoms. The minimum atomic E-state index is -0.568. The summed E-state index contributed by atoms with van der Waals surface area (Å²) >= 11 is 0. The molecule has 5 rings (SSSR count). The Bertz CT molecular complexity index is 2240. The van der Waals surface area contributed by atoms with E-state index in [1.807, 2.05) is 41.5 Å². The number of aromatic hydroxyl groups is 1. The maximum absolute atomic E-state index is 12.9. The third-order valence-corrected chi connectivity index (χ3v) is 6.96. The van der Waals surface area contributed by atoms with Crippen molar-refractivity contribution in [3.63, 3.8) is 0 Å². The fourth-order valence-electron chi connectivity index (χ4n) is 4.85. The Balaban J connectivity index is 1.54. The molecule has 0 unspecified atom stereocenters. The van der Waals surface area contributed by atoms with E-state index in [1.165, 1.54) is 49.1 Å². The topological polar surface area (TPSA) is 209 Å². The highest BCUT2D eigenvalue weighted by Gasteiger charge is 2.20. The van der Waals surface area contributed by atoms with Crippen molar-refractivity contribution >= 4 is 24.3 Å². The van der Waals surface area contributed by atoms with E-state index in [0.717, 1.165) is 11.4 Å². The molecule has 0 aliphatic carbocycles. The molecule has 0 aliphatic rings. The van der Waals surface area contributed by atoms with Crippen molar-refractivity contribution in [3.8, 4) is 5.75 Å². The first-order chi connectivity index (χ1) is 21.1. The summed E-state index contributed by atoms with van der Waals surface area (Å²) in [4.78, 5) is 76.5. The van der Waals surface area contributed by atoms with Gasteiger partial charge in [0.1, 0.15) is 27.1 Å². The van der Waals surface area contributed by atoms with E-state index in [1.54, 1.807) is 6.07 Å². The Morgan fingerprint density at radius 1 is 0.556 bits per heavy atom. The first-order valence-electron chi connectivity index (χ1n) is 14.1. The number of aromatic nitrogens is 8. The molecule has 0 saturated heterocycles. The van der Waals surface area contributed by atoms with E-state index >= 15 is 0 Å². The van der Waals surface area contributed by atoms with Gasteiger partial charge in [-0.1, -0.05) is 41.5 Å². The van der Waals surface area contributed by atoms with Crippen molar-refractivity contribution < 1.29 is 5.11 Å². The van der Waals surface area contributed by atoms with Crippen LogP contribution in [0.2, 0.25) is 0 Å². The predicted octanol–water partition coefficient (Wildman–Crippen LogP) is -0.498. The van der Waals surface area contributed by atoms with Gasteiger partial charge in [-0.15, -0.1) is 0 Å². The second-order valence-electron chi connectivity index (χ2n) is 12.7. The Labute approximate surface area is 254 Å². The fourth-order valence-corrected chi connectivity index (χ4v) is 4.85. The Hall–Kier alpha value is -5.72. The van der Waals surface area contributed by atoms with Crippen LogP contribution >= 0.6 is 0 Å². The smallest absolute Gasteiger partial charge is 0.272 e. The van der Waals surface area contributed by atoms with Gasteiger partial charge < -0.3 is 35.0 Å². The molecular formula is C32H34N8O5. The lowest BCUT2D eigenvalue weighted by Gasteiger charge is -2.16. The number of nitrogens with zero attached hydrogens (tertiary/aromatic N) is 2. The van der Waals surface area contributed by atoms with Gasteiger partial charge in [0.15, 0.2) is 0 Å². The zero-order valence-electron chi connectivity index (χ0n) is 25.7. The van der Waals surface area contributed by atoms with Gasteiger partial charge in [-0.2, -0.15) is 0 Å². The third kappa shape index (κ3) is 6.77. The molecule has 4 aromatic heterocycles. The normalized spacial score (nSPS) is 14.1. The minimum Gasteiger partial charge on any atom is -0.508 e. The van der Waals surface area contributed by atoms with E-state index in [-0.39, 0.29) is 38.0 Å². The molecule has 13 nitrogen and oxygen atoms in total. The van der Waals surface area contributed by atoms with Crippen LogP contribution in [0.15, 0.2) is 50.0 Å². The summed E-state index contributed by atoms with van der Waals surface area (Å²) < 4.78 is 0. The van der Waals surface area contributed by atoms with Crippen LogP contribution in [0, 0.1) is 0 Å². The summed E-state index contributed by atoms with van der Waals surface area (Å²) in [5.74, 6) is -0.163. The molecule has 5 aromatic rings. The lowest BCUT2D eigenvalue weighted by atomic mass is 9.90. The predicted molar refractivity (Wildman–Crippen MR) is 171 cm³/mol. The first-order valence-corrected chi connectivity index (χ1v) is 14.1. The van der Waals surface area contributed by atoms with Crippen LogP contribution in [-0.4, -0.2) is 45.0 Å². The fraction of sp³-hybridized carbons (Fsp3) is 0.250. The Morgan fingerprint density at radius 2 is 0.889 bits per heavy atom. The summed E-state index contributed by atoms with van der Waals surface area (Å²) in [6.45, 7) is 12.0. The van der Waals surface area contributed by atoms with Crippen LogP contribution in [0.5, 0.6) is 5.75 Å². The molecule has 0 fully saturated rings. The van der Waals surface area contributed by atoms with Crippen molar-refractivity contribution in [2.45, 2.75) is 52.4 Å². The number of imidazole rings is 2. The molecule has 0 saturated carbocycles. The van der Waals surface area contributed by atoms with E-state index in [4.69, 9.17) is 0 Å². The first kappa shape index (κ1) is 30.7. The van der Waals surface area contributed by atoms with Crippen LogP contribution in [-0.2, 0) is 10.8 Å². The minimum absolute atomic E-state index is 0.0328. The molecule has 0 bridgehead atoms. The lowest BCUT2D eigenvalue weighted by molar-refractivity contribution is 0.475. The van der Waals surface area contributed by atoms with Gasteiger partial charge in [0, 0.05) is 22.2 Å². The number of aromatic amines is 6. The summed E-state index contributed by atoms with van der Waals surface area (Å²) in [5, 5.41) is 10.3. The highest BCUT2D eigenvalue weighted by molar-refractivity contribution is 5.60. The average molecular weight is 611 g/mol. The number of rotatable bonds is 4. The molecule has 0 amide bonds. The molecule has 0 aliphatic heterocycles. The van der Waals surface area contributed by atoms with Crippen molar-refractivity contribution in [1.82, 2.24) is 39.9 Å². The zero-order valence-corrected chi connectivity index (χ0v) is 25.7. The number of phenols is 1. The average Bonchev–Trinajstić information content (AvgIpc) is 3.59. The van der Waals surface area contributed by atoms with Crippen molar-refractivity contribution in [2.24, 2.45) is 0 Å². The summed E-state index contributed by atoms with van der Waals surface area (Å²) in [5.41, 5.74) is 0.655. The molecule has 0 spiro atoms. The van der Waals surface area contributed by atoms with Crippen LogP contribution in [0.3, 0.4) is 0 Å². The number of benzene rings is 1. The van der Waals surface area contributed by atoms with Gasteiger partial charge in [0.05, 0.1) is 24.0 Å². The van der Waals surface area contributed by atoms with Crippen LogP contribution in [0.1, 0.15) is 75.4 Å². The molecule has 0 atom stereocenters. The summed E-state index contributed by atoms with van der Waals surface area (Å²) in [6.07, 6.45) is 8.83. The zero-order chi connectivity index (χ0) is 32.7. The number of phenolic OH excluding ortho intramolecular Hbond substituents is 1. The number of nitrogens with one attached hydrogen (secondary N) is 6. The second-order valence-corrected chi connectivity index (χ2v) is 12.7. The molecule has 0 radical (unpaired) electrons. The maximum Gasteiger partial charge on any atom is 0.272 e. The third-order valence-electron chi connectivity index (χ3n) is 6.96. The highest BCUT2D eigenvalue weighted by Crippen LogP contribution is 2.23. The van der Waals surface area contributed by atoms with E-state index in [0.29, 0.717) is 22.5 Å². The monoisotopic (exact) mass is 610 g/mol. The quantitative estimate of drug-likeness (QED) is 0.142. The standard InChI is InChI=1S/C32H34N8O5/c1-31(2,3)25-19(33-14-35-25)12-23-29(44)37-21(27(42)39-23)10-16-7-17(9-18(41)8-16)11-22-28(43)40-24(30(45)38-22)13-20-26(32(4,5)6)36-15-34-20/h7-15,41H,1-6H3,(H,33,35)(H,34,36)(H,37,44)(H,38,45)(H,39,42)(H,40,43)/b21-10-,22-11-,23-12-,24-13-. The largest absolute Gasteiger partial charge is 0.508 e. The van der Waals surface area contributed by atoms with Gasteiger partial charge in [0.2, 0.25) is 0 Å². The van der Waals surface area contributed by atoms with Crippen LogP contribution in [0.4, 0.5) is 0 Å². The van der Waals surface area contributed by atoms with E-state index < -0.39 is 22.2 Å². The van der Waals surface area contributed by atoms with Crippen molar-refractivity contribution in [3.05, 3.63) is 128 Å². The van der Waals surface area contributed by atoms with Gasteiger partial charge in [0.25, 0.3) is 22.2 Å². The van der Waals surface area contributed by atoms with E-state index in [9.17, 15) is 24.3 Å². The van der Waals surface area contributed by atoms with Crippen LogP contribution in [0.25, 0.3) is 24.3 Å². The maximum atomic E-state index is 12.9. The number of H-pyrrole nitrogens is 6. The molecule has 45 heavy (non-hydrogen) atoms. The summed E-state index contributed by atoms with van der Waals surface area (Å²) in [6, 6.07) is 4.35. The molecular weight excluding hydrogens is 576 g/mol. The van der Waals surface area contributed by atoms with Gasteiger partial charge >= 0.3 is 0 Å². The van der Waals surface area contributed by atoms with Crippen molar-refractivity contribution in [1.29, 1.82) is 0 Å². The molecule has 1 aromatic carbocycles. The lowest BCUT2D eigenvalue weighted by Crippen LogP contribution is -2.47. The van der Waals surface area contributed by atoms with E-state index in [2.05, 4.69) is 39.9 Å². The Kier molecular flexibility index (Phi) is 7.79. The second kappa shape index (κ2) is 11.4. The van der Waals surface area contributed by atoms with Gasteiger partial charge in [-0.05, 0) is 53.6 Å². The highest BCUT2D eigenvalue weighted by atomic mass is 16.3. The molecule has 232 valence electrons. The summed E-state index contributed by atoms with van der Waals surface area (Å²) in [7, 11) is 0.